The minimum absolute atomic E-state index is 0.328. The molecule has 0 radical (unpaired) electrons. The number of pyridine rings is 1. The van der Waals surface area contributed by atoms with Crippen LogP contribution in [-0.4, -0.2) is 71.6 Å². The second-order valence-electron chi connectivity index (χ2n) is 7.27. The highest BCUT2D eigenvalue weighted by atomic mass is 35.5. The number of aliphatic hydroxyl groups is 1. The van der Waals surface area contributed by atoms with E-state index in [2.05, 4.69) is 20.2 Å². The van der Waals surface area contributed by atoms with Crippen LogP contribution in [0.4, 0.5) is 0 Å². The lowest BCUT2D eigenvalue weighted by Crippen LogP contribution is -2.30. The second-order valence-corrected chi connectivity index (χ2v) is 7.67. The van der Waals surface area contributed by atoms with Crippen molar-refractivity contribution in [2.75, 3.05) is 21.2 Å². The van der Waals surface area contributed by atoms with Crippen molar-refractivity contribution in [2.45, 2.75) is 19.1 Å². The molecule has 2 N–H and O–H groups in total. The number of nitrogens with one attached hydrogen (secondary N) is 1. The van der Waals surface area contributed by atoms with Gasteiger partial charge in [0, 0.05) is 19.4 Å². The molecule has 11 heteroatoms. The van der Waals surface area contributed by atoms with E-state index in [9.17, 15) is 5.11 Å². The molecule has 4 aromatic heterocycles. The van der Waals surface area contributed by atoms with Crippen molar-refractivity contribution in [1.29, 1.82) is 0 Å². The van der Waals surface area contributed by atoms with Crippen molar-refractivity contribution in [3.05, 3.63) is 35.6 Å². The Kier molecular flexibility index (Phi) is 5.22. The molecule has 0 bridgehead atoms. The lowest BCUT2D eigenvalue weighted by molar-refractivity contribution is 0.0857. The number of aromatic nitrogens is 7. The molecule has 0 aliphatic rings. The molecule has 10 nitrogen and oxygen atoms in total. The minimum Gasteiger partial charge on any atom is -0.480 e. The average Bonchev–Trinajstić information content (AvgIpc) is 3.41. The molecule has 0 aliphatic heterocycles. The quantitative estimate of drug-likeness (QED) is 0.482. The van der Waals surface area contributed by atoms with Crippen molar-refractivity contribution in [3.8, 4) is 23.1 Å². The first-order valence-electron chi connectivity index (χ1n) is 9.31. The number of hydrogen-bond acceptors (Lipinski definition) is 7. The van der Waals surface area contributed by atoms with Crippen LogP contribution in [0, 0.1) is 0 Å². The van der Waals surface area contributed by atoms with Crippen LogP contribution in [0.5, 0.6) is 5.88 Å². The van der Waals surface area contributed by atoms with Gasteiger partial charge in [-0.2, -0.15) is 5.10 Å². The van der Waals surface area contributed by atoms with Crippen LogP contribution in [0.25, 0.3) is 28.2 Å². The minimum atomic E-state index is -0.633. The molecule has 4 aromatic rings. The first kappa shape index (κ1) is 20.3. The summed E-state index contributed by atoms with van der Waals surface area (Å²) < 4.78 is 9.11. The standard InChI is InChI=1S/C19H23ClN8O2/c1-10(29)14(26(2)3)17-23-18(25-24-17)16-15(28-7-6-21-9-28)13-12(27(16)4)8-11(20)19(22-13)30-5/h6-10,14,29H,1-5H3,(H,23,24,25). The molecule has 0 aliphatic carbocycles. The van der Waals surface area contributed by atoms with Crippen molar-refractivity contribution < 1.29 is 9.84 Å². The van der Waals surface area contributed by atoms with Crippen molar-refractivity contribution in [1.82, 2.24) is 39.2 Å². The third kappa shape index (κ3) is 3.22. The number of ether oxygens (including phenoxy) is 1. The Morgan fingerprint density at radius 3 is 2.67 bits per heavy atom. The van der Waals surface area contributed by atoms with Crippen LogP contribution in [0.1, 0.15) is 18.8 Å². The van der Waals surface area contributed by atoms with Gasteiger partial charge in [0.2, 0.25) is 5.88 Å². The van der Waals surface area contributed by atoms with E-state index < -0.39 is 6.10 Å². The number of nitrogens with zero attached hydrogens (tertiary/aromatic N) is 7. The number of imidazole rings is 1. The molecular formula is C19H23ClN8O2. The summed E-state index contributed by atoms with van der Waals surface area (Å²) in [7, 11) is 7.19. The van der Waals surface area contributed by atoms with Gasteiger partial charge >= 0.3 is 0 Å². The van der Waals surface area contributed by atoms with Crippen LogP contribution in [0.15, 0.2) is 24.8 Å². The number of aryl methyl sites for hydroxylation is 1. The zero-order valence-electron chi connectivity index (χ0n) is 17.3. The monoisotopic (exact) mass is 430 g/mol. The Morgan fingerprint density at radius 2 is 2.07 bits per heavy atom. The molecule has 30 heavy (non-hydrogen) atoms. The zero-order valence-corrected chi connectivity index (χ0v) is 18.1. The van der Waals surface area contributed by atoms with Crippen LogP contribution in [0.3, 0.4) is 0 Å². The normalized spacial score (nSPS) is 13.9. The van der Waals surface area contributed by atoms with Gasteiger partial charge in [-0.15, -0.1) is 0 Å². The fourth-order valence-electron chi connectivity index (χ4n) is 3.74. The first-order chi connectivity index (χ1) is 14.3. The van der Waals surface area contributed by atoms with E-state index in [-0.39, 0.29) is 6.04 Å². The summed E-state index contributed by atoms with van der Waals surface area (Å²) in [5.74, 6) is 1.37. The van der Waals surface area contributed by atoms with E-state index in [1.54, 1.807) is 25.5 Å². The number of hydrogen-bond donors (Lipinski definition) is 2. The molecule has 0 saturated carbocycles. The number of aliphatic hydroxyl groups excluding tert-OH is 1. The second kappa shape index (κ2) is 7.71. The predicted octanol–water partition coefficient (Wildman–Crippen LogP) is 2.19. The summed E-state index contributed by atoms with van der Waals surface area (Å²) in [5.41, 5.74) is 2.96. The molecule has 2 atom stereocenters. The average molecular weight is 431 g/mol. The van der Waals surface area contributed by atoms with Crippen molar-refractivity contribution in [3.63, 3.8) is 0 Å². The molecule has 4 heterocycles. The Morgan fingerprint density at radius 1 is 1.30 bits per heavy atom. The largest absolute Gasteiger partial charge is 0.480 e. The molecule has 158 valence electrons. The highest BCUT2D eigenvalue weighted by molar-refractivity contribution is 6.32. The smallest absolute Gasteiger partial charge is 0.233 e. The molecule has 4 rings (SSSR count). The van der Waals surface area contributed by atoms with E-state index in [4.69, 9.17) is 21.3 Å². The molecule has 0 saturated heterocycles. The number of rotatable bonds is 6. The maximum atomic E-state index is 10.2. The van der Waals surface area contributed by atoms with Gasteiger partial charge in [-0.1, -0.05) is 11.6 Å². The lowest BCUT2D eigenvalue weighted by Gasteiger charge is -2.24. The summed E-state index contributed by atoms with van der Waals surface area (Å²) in [6.07, 6.45) is 4.57. The Hall–Kier alpha value is -2.95. The number of methoxy groups -OCH3 is 1. The maximum absolute atomic E-state index is 10.2. The van der Waals surface area contributed by atoms with Crippen molar-refractivity contribution in [2.24, 2.45) is 7.05 Å². The van der Waals surface area contributed by atoms with Crippen LogP contribution < -0.4 is 4.74 Å². The number of halogens is 1. The molecular weight excluding hydrogens is 408 g/mol. The fraction of sp³-hybridized carbons (Fsp3) is 0.368. The van der Waals surface area contributed by atoms with E-state index in [1.165, 1.54) is 7.11 Å². The SMILES string of the molecule is COc1nc2c(-n3ccnc3)c(-c3n[nH]c(C(C(C)O)N(C)C)n3)n(C)c2cc1Cl. The molecule has 0 amide bonds. The van der Waals surface area contributed by atoms with Crippen LogP contribution in [0.2, 0.25) is 5.02 Å². The summed E-state index contributed by atoms with van der Waals surface area (Å²) in [4.78, 5) is 15.4. The third-order valence-corrected chi connectivity index (χ3v) is 5.30. The summed E-state index contributed by atoms with van der Waals surface area (Å²) in [6, 6.07) is 1.48. The summed E-state index contributed by atoms with van der Waals surface area (Å²) in [5, 5.41) is 18.0. The highest BCUT2D eigenvalue weighted by Gasteiger charge is 2.27. The molecule has 2 unspecified atom stereocenters. The van der Waals surface area contributed by atoms with Gasteiger partial charge in [0.1, 0.15) is 27.7 Å². The summed E-state index contributed by atoms with van der Waals surface area (Å²) >= 11 is 6.33. The number of fused-ring (bicyclic) bond motifs is 1. The number of aromatic amines is 1. The van der Waals surface area contributed by atoms with Gasteiger partial charge in [0.25, 0.3) is 0 Å². The summed E-state index contributed by atoms with van der Waals surface area (Å²) in [6.45, 7) is 1.72. The van der Waals surface area contributed by atoms with Gasteiger partial charge in [-0.25, -0.2) is 15.0 Å². The van der Waals surface area contributed by atoms with E-state index in [0.717, 1.165) is 16.9 Å². The van der Waals surface area contributed by atoms with Crippen LogP contribution >= 0.6 is 11.6 Å². The van der Waals surface area contributed by atoms with E-state index in [0.29, 0.717) is 28.1 Å². The highest BCUT2D eigenvalue weighted by Crippen LogP contribution is 2.37. The van der Waals surface area contributed by atoms with Crippen LogP contribution in [-0.2, 0) is 7.05 Å². The fourth-order valence-corrected chi connectivity index (χ4v) is 3.96. The molecule has 0 fully saturated rings. The zero-order chi connectivity index (χ0) is 21.6. The Balaban J connectivity index is 1.98. The van der Waals surface area contributed by atoms with E-state index >= 15 is 0 Å². The van der Waals surface area contributed by atoms with Gasteiger partial charge in [-0.3, -0.25) is 10.00 Å². The van der Waals surface area contributed by atoms with E-state index in [1.807, 2.05) is 41.4 Å². The lowest BCUT2D eigenvalue weighted by atomic mass is 10.1. The Labute approximate surface area is 178 Å². The van der Waals surface area contributed by atoms with Gasteiger partial charge in [0.05, 0.1) is 31.1 Å². The van der Waals surface area contributed by atoms with Gasteiger partial charge in [0.15, 0.2) is 5.82 Å². The predicted molar refractivity (Wildman–Crippen MR) is 113 cm³/mol. The Bertz CT molecular complexity index is 1170. The first-order valence-corrected chi connectivity index (χ1v) is 9.69. The molecule has 0 spiro atoms. The number of H-pyrrole nitrogens is 1. The van der Waals surface area contributed by atoms with Gasteiger partial charge < -0.3 is 19.0 Å². The molecule has 0 aromatic carbocycles. The third-order valence-electron chi connectivity index (χ3n) is 5.03. The topological polar surface area (TPSA) is 110 Å². The number of likely N-dealkylation sites (N-methyl/N-ethyl adjacent to an activating group) is 1. The van der Waals surface area contributed by atoms with Crippen molar-refractivity contribution >= 4 is 22.6 Å². The maximum Gasteiger partial charge on any atom is 0.233 e. The van der Waals surface area contributed by atoms with Gasteiger partial charge in [-0.05, 0) is 27.1 Å².